The molecule has 1 heterocycles. The van der Waals surface area contributed by atoms with Crippen molar-refractivity contribution in [2.24, 2.45) is 5.73 Å². The molecule has 0 aliphatic carbocycles. The van der Waals surface area contributed by atoms with Gasteiger partial charge in [0.1, 0.15) is 0 Å². The molecule has 1 aliphatic rings. The van der Waals surface area contributed by atoms with Crippen LogP contribution in [0.3, 0.4) is 0 Å². The van der Waals surface area contributed by atoms with Crippen LogP contribution in [0.1, 0.15) is 38.0 Å². The Morgan fingerprint density at radius 1 is 1.32 bits per heavy atom. The Labute approximate surface area is 110 Å². The van der Waals surface area contributed by atoms with Gasteiger partial charge in [-0.1, -0.05) is 0 Å². The van der Waals surface area contributed by atoms with E-state index in [1.807, 2.05) is 0 Å². The molecule has 3 N–H and O–H groups in total. The summed E-state index contributed by atoms with van der Waals surface area (Å²) in [6.45, 7) is 2.12. The first-order valence-electron chi connectivity index (χ1n) is 5.93. The highest BCUT2D eigenvalue weighted by Gasteiger charge is 2.33. The fourth-order valence-electron chi connectivity index (χ4n) is 1.87. The minimum absolute atomic E-state index is 0.152. The molecule has 3 amide bonds. The summed E-state index contributed by atoms with van der Waals surface area (Å²) in [5, 5.41) is 2.70. The molecule has 0 radical (unpaired) electrons. The lowest BCUT2D eigenvalue weighted by molar-refractivity contribution is 0.0693. The topological polar surface area (TPSA) is 92.5 Å². The molecule has 0 unspecified atom stereocenters. The van der Waals surface area contributed by atoms with Gasteiger partial charge in [0.05, 0.1) is 11.1 Å². The quantitative estimate of drug-likeness (QED) is 0.748. The lowest BCUT2D eigenvalue weighted by Crippen LogP contribution is -2.37. The van der Waals surface area contributed by atoms with Crippen LogP contribution in [0.2, 0.25) is 0 Å². The molecule has 2 rings (SSSR count). The monoisotopic (exact) mass is 261 g/mol. The van der Waals surface area contributed by atoms with Crippen molar-refractivity contribution in [3.05, 3.63) is 34.9 Å². The van der Waals surface area contributed by atoms with Crippen molar-refractivity contribution >= 4 is 17.7 Å². The number of amides is 3. The van der Waals surface area contributed by atoms with Crippen LogP contribution in [-0.2, 0) is 0 Å². The second kappa shape index (κ2) is 4.81. The summed E-state index contributed by atoms with van der Waals surface area (Å²) in [5.74, 6) is -1.04. The fourth-order valence-corrected chi connectivity index (χ4v) is 1.87. The molecule has 100 valence electrons. The predicted octanol–water partition coefficient (Wildman–Crippen LogP) is -0.0106. The first-order chi connectivity index (χ1) is 8.95. The first kappa shape index (κ1) is 13.2. The third kappa shape index (κ3) is 2.22. The highest BCUT2D eigenvalue weighted by Crippen LogP contribution is 2.22. The van der Waals surface area contributed by atoms with E-state index < -0.39 is 0 Å². The van der Waals surface area contributed by atoms with Gasteiger partial charge in [-0.3, -0.25) is 19.3 Å². The van der Waals surface area contributed by atoms with Crippen LogP contribution in [-0.4, -0.2) is 42.3 Å². The molecule has 0 saturated heterocycles. The first-order valence-corrected chi connectivity index (χ1v) is 5.93. The van der Waals surface area contributed by atoms with Crippen molar-refractivity contribution in [3.63, 3.8) is 0 Å². The van der Waals surface area contributed by atoms with Crippen molar-refractivity contribution in [2.75, 3.05) is 13.6 Å². The van der Waals surface area contributed by atoms with E-state index in [-0.39, 0.29) is 29.3 Å². The largest absolute Gasteiger partial charge is 0.348 e. The molecule has 1 aromatic rings. The van der Waals surface area contributed by atoms with Gasteiger partial charge in [0, 0.05) is 25.2 Å². The Bertz CT molecular complexity index is 568. The van der Waals surface area contributed by atoms with Gasteiger partial charge in [-0.25, -0.2) is 0 Å². The van der Waals surface area contributed by atoms with E-state index in [0.29, 0.717) is 17.7 Å². The molecule has 6 nitrogen and oxygen atoms in total. The van der Waals surface area contributed by atoms with E-state index in [4.69, 9.17) is 5.73 Å². The molecular weight excluding hydrogens is 246 g/mol. The number of carbonyl (C=O) groups is 3. The second-order valence-electron chi connectivity index (χ2n) is 4.54. The van der Waals surface area contributed by atoms with Gasteiger partial charge in [0.25, 0.3) is 17.7 Å². The van der Waals surface area contributed by atoms with Crippen molar-refractivity contribution < 1.29 is 14.4 Å². The average molecular weight is 261 g/mol. The van der Waals surface area contributed by atoms with Gasteiger partial charge >= 0.3 is 0 Å². The van der Waals surface area contributed by atoms with Crippen LogP contribution in [0.25, 0.3) is 0 Å². The van der Waals surface area contributed by atoms with Gasteiger partial charge in [0.15, 0.2) is 0 Å². The highest BCUT2D eigenvalue weighted by molar-refractivity contribution is 6.21. The minimum Gasteiger partial charge on any atom is -0.348 e. The minimum atomic E-state index is -0.387. The molecule has 6 heteroatoms. The number of benzene rings is 1. The molecule has 0 aromatic heterocycles. The number of rotatable bonds is 3. The highest BCUT2D eigenvalue weighted by atomic mass is 16.2. The van der Waals surface area contributed by atoms with Crippen LogP contribution in [0, 0.1) is 0 Å². The Kier molecular flexibility index (Phi) is 3.35. The summed E-state index contributed by atoms with van der Waals surface area (Å²) in [6, 6.07) is 4.32. The Morgan fingerprint density at radius 2 is 1.95 bits per heavy atom. The van der Waals surface area contributed by atoms with E-state index >= 15 is 0 Å². The normalized spacial score (nSPS) is 15.4. The standard InChI is InChI=1S/C13H15N3O3/c1-7(6-14)15-11(17)8-3-4-9-10(5-8)13(19)16(2)12(9)18/h3-5,7H,6,14H2,1-2H3,(H,15,17)/t7-/m0/s1. The van der Waals surface area contributed by atoms with Crippen molar-refractivity contribution in [1.29, 1.82) is 0 Å². The van der Waals surface area contributed by atoms with E-state index in [1.54, 1.807) is 6.92 Å². The van der Waals surface area contributed by atoms with Crippen molar-refractivity contribution in [3.8, 4) is 0 Å². The number of nitrogens with one attached hydrogen (secondary N) is 1. The van der Waals surface area contributed by atoms with Gasteiger partial charge < -0.3 is 11.1 Å². The number of fused-ring (bicyclic) bond motifs is 1. The number of nitrogens with two attached hydrogens (primary N) is 1. The second-order valence-corrected chi connectivity index (χ2v) is 4.54. The Hall–Kier alpha value is -2.21. The zero-order valence-electron chi connectivity index (χ0n) is 10.8. The number of nitrogens with zero attached hydrogens (tertiary/aromatic N) is 1. The van der Waals surface area contributed by atoms with Crippen molar-refractivity contribution in [2.45, 2.75) is 13.0 Å². The SMILES string of the molecule is C[C@@H](CN)NC(=O)c1ccc2c(c1)C(=O)N(C)C2=O. The summed E-state index contributed by atoms with van der Waals surface area (Å²) < 4.78 is 0. The zero-order valence-corrected chi connectivity index (χ0v) is 10.8. The zero-order chi connectivity index (χ0) is 14.2. The van der Waals surface area contributed by atoms with Crippen LogP contribution >= 0.6 is 0 Å². The molecule has 1 aliphatic heterocycles. The number of hydrogen-bond acceptors (Lipinski definition) is 4. The molecule has 1 atom stereocenters. The van der Waals surface area contributed by atoms with Gasteiger partial charge in [-0.05, 0) is 25.1 Å². The smallest absolute Gasteiger partial charge is 0.261 e. The molecule has 0 fully saturated rings. The van der Waals surface area contributed by atoms with Crippen LogP contribution in [0.15, 0.2) is 18.2 Å². The Balaban J connectivity index is 2.31. The van der Waals surface area contributed by atoms with Crippen LogP contribution in [0.5, 0.6) is 0 Å². The van der Waals surface area contributed by atoms with Crippen LogP contribution < -0.4 is 11.1 Å². The third-order valence-electron chi connectivity index (χ3n) is 3.08. The average Bonchev–Trinajstić information content (AvgIpc) is 2.63. The number of imide groups is 1. The number of hydrogen-bond donors (Lipinski definition) is 2. The van der Waals surface area contributed by atoms with Gasteiger partial charge in [-0.2, -0.15) is 0 Å². The fraction of sp³-hybridized carbons (Fsp3) is 0.308. The molecule has 1 aromatic carbocycles. The van der Waals surface area contributed by atoms with Crippen molar-refractivity contribution in [1.82, 2.24) is 10.2 Å². The molecular formula is C13H15N3O3. The molecule has 19 heavy (non-hydrogen) atoms. The maximum absolute atomic E-state index is 11.9. The maximum atomic E-state index is 11.9. The summed E-state index contributed by atoms with van der Waals surface area (Å²) in [4.78, 5) is 36.5. The van der Waals surface area contributed by atoms with Gasteiger partial charge in [-0.15, -0.1) is 0 Å². The third-order valence-corrected chi connectivity index (χ3v) is 3.08. The lowest BCUT2D eigenvalue weighted by atomic mass is 10.1. The summed E-state index contributed by atoms with van der Waals surface area (Å²) in [7, 11) is 1.42. The van der Waals surface area contributed by atoms with E-state index in [0.717, 1.165) is 4.90 Å². The Morgan fingerprint density at radius 3 is 2.58 bits per heavy atom. The molecule has 0 bridgehead atoms. The number of carbonyl (C=O) groups excluding carboxylic acids is 3. The maximum Gasteiger partial charge on any atom is 0.261 e. The summed E-state index contributed by atoms with van der Waals surface area (Å²) in [6.07, 6.45) is 0. The predicted molar refractivity (Wildman–Crippen MR) is 68.8 cm³/mol. The summed E-state index contributed by atoms with van der Waals surface area (Å²) >= 11 is 0. The molecule has 0 spiro atoms. The van der Waals surface area contributed by atoms with Crippen LogP contribution in [0.4, 0.5) is 0 Å². The lowest BCUT2D eigenvalue weighted by Gasteiger charge is -2.11. The van der Waals surface area contributed by atoms with E-state index in [2.05, 4.69) is 5.32 Å². The van der Waals surface area contributed by atoms with E-state index in [1.165, 1.54) is 25.2 Å². The van der Waals surface area contributed by atoms with E-state index in [9.17, 15) is 14.4 Å². The summed E-state index contributed by atoms with van der Waals surface area (Å²) in [5.41, 5.74) is 6.36. The van der Waals surface area contributed by atoms with Gasteiger partial charge in [0.2, 0.25) is 0 Å². The molecule has 0 saturated carbocycles.